The minimum Gasteiger partial charge on any atom is -0.435 e. The summed E-state index contributed by atoms with van der Waals surface area (Å²) >= 11 is 2.81. The van der Waals surface area contributed by atoms with Gasteiger partial charge in [0.05, 0.1) is 5.75 Å². The Bertz CT molecular complexity index is 723. The van der Waals surface area contributed by atoms with Gasteiger partial charge < -0.3 is 15.4 Å². The summed E-state index contributed by atoms with van der Waals surface area (Å²) in [6, 6.07) is 6.91. The lowest BCUT2D eigenvalue weighted by atomic mass is 10.1. The molecule has 0 unspecified atom stereocenters. The molecule has 1 saturated carbocycles. The van der Waals surface area contributed by atoms with E-state index in [1.54, 1.807) is 12.1 Å². The number of thioether (sulfide) groups is 1. The maximum Gasteiger partial charge on any atom is 0.387 e. The first-order valence-electron chi connectivity index (χ1n) is 8.12. The summed E-state index contributed by atoms with van der Waals surface area (Å²) in [6.07, 6.45) is 2.96. The number of rotatable bonds is 10. The number of carbonyl (C=O) groups excluding carboxylic acids is 1. The third kappa shape index (κ3) is 6.41. The maximum absolute atomic E-state index is 12.1. The Balaban J connectivity index is 1.32. The van der Waals surface area contributed by atoms with Gasteiger partial charge in [0.25, 0.3) is 0 Å². The molecule has 1 heterocycles. The van der Waals surface area contributed by atoms with Crippen LogP contribution in [0, 0.1) is 0 Å². The van der Waals surface area contributed by atoms with Gasteiger partial charge in [-0.05, 0) is 37.0 Å². The number of benzene rings is 1. The summed E-state index contributed by atoms with van der Waals surface area (Å²) < 4.78 is 29.2. The van der Waals surface area contributed by atoms with E-state index in [0.29, 0.717) is 19.0 Å². The first kappa shape index (κ1) is 18.8. The van der Waals surface area contributed by atoms with E-state index in [-0.39, 0.29) is 17.4 Å². The molecular formula is C16H18F2N4O2S2. The van der Waals surface area contributed by atoms with Gasteiger partial charge in [-0.2, -0.15) is 8.78 Å². The number of nitrogens with zero attached hydrogens (tertiary/aromatic N) is 2. The Kier molecular flexibility index (Phi) is 6.62. The molecule has 10 heteroatoms. The largest absolute Gasteiger partial charge is 0.435 e. The Morgan fingerprint density at radius 1 is 1.31 bits per heavy atom. The predicted molar refractivity (Wildman–Crippen MR) is 97.1 cm³/mol. The quantitative estimate of drug-likeness (QED) is 0.597. The van der Waals surface area contributed by atoms with Gasteiger partial charge in [0.1, 0.15) is 5.75 Å². The number of anilines is 1. The molecule has 140 valence electrons. The maximum atomic E-state index is 12.1. The van der Waals surface area contributed by atoms with Crippen LogP contribution in [0.25, 0.3) is 0 Å². The molecule has 0 radical (unpaired) electrons. The fourth-order valence-electron chi connectivity index (χ4n) is 2.09. The molecule has 0 saturated heterocycles. The lowest BCUT2D eigenvalue weighted by Crippen LogP contribution is -2.27. The van der Waals surface area contributed by atoms with Crippen molar-refractivity contribution in [1.29, 1.82) is 0 Å². The van der Waals surface area contributed by atoms with Crippen LogP contribution in [-0.2, 0) is 11.2 Å². The van der Waals surface area contributed by atoms with E-state index in [1.807, 2.05) is 0 Å². The molecule has 2 aromatic rings. The summed E-state index contributed by atoms with van der Waals surface area (Å²) in [5.41, 5.74) is 0.930. The SMILES string of the molecule is O=C(CSc1nnc(NC2CC2)s1)NCCc1ccc(OC(F)F)cc1. The van der Waals surface area contributed by atoms with Crippen LogP contribution < -0.4 is 15.4 Å². The van der Waals surface area contributed by atoms with Gasteiger partial charge in [-0.15, -0.1) is 10.2 Å². The second-order valence-corrected chi connectivity index (χ2v) is 7.90. The standard InChI is InChI=1S/C16H18F2N4O2S2/c17-14(18)24-12-5-1-10(2-6-12)7-8-19-13(23)9-25-16-22-21-15(26-16)20-11-3-4-11/h1-2,5-6,11,14H,3-4,7-9H2,(H,19,23)(H,20,21). The summed E-state index contributed by atoms with van der Waals surface area (Å²) in [5.74, 6) is 0.315. The fourth-order valence-corrected chi connectivity index (χ4v) is 3.75. The van der Waals surface area contributed by atoms with Crippen molar-refractivity contribution >= 4 is 34.1 Å². The van der Waals surface area contributed by atoms with Crippen LogP contribution in [0.4, 0.5) is 13.9 Å². The van der Waals surface area contributed by atoms with Crippen LogP contribution in [0.3, 0.4) is 0 Å². The van der Waals surface area contributed by atoms with E-state index < -0.39 is 6.61 Å². The fraction of sp³-hybridized carbons (Fsp3) is 0.438. The zero-order chi connectivity index (χ0) is 18.4. The highest BCUT2D eigenvalue weighted by Crippen LogP contribution is 2.30. The molecule has 1 aromatic heterocycles. The number of ether oxygens (including phenoxy) is 1. The van der Waals surface area contributed by atoms with Gasteiger partial charge in [-0.3, -0.25) is 4.79 Å². The van der Waals surface area contributed by atoms with E-state index in [2.05, 4.69) is 25.6 Å². The lowest BCUT2D eigenvalue weighted by molar-refractivity contribution is -0.118. The monoisotopic (exact) mass is 400 g/mol. The summed E-state index contributed by atoms with van der Waals surface area (Å²) in [7, 11) is 0. The van der Waals surface area contributed by atoms with Crippen LogP contribution in [0.5, 0.6) is 5.75 Å². The number of carbonyl (C=O) groups is 1. The average Bonchev–Trinajstić information content (AvgIpc) is 3.30. The molecule has 0 atom stereocenters. The molecule has 1 aliphatic rings. The van der Waals surface area contributed by atoms with Crippen LogP contribution in [0.2, 0.25) is 0 Å². The van der Waals surface area contributed by atoms with Crippen molar-refractivity contribution in [3.8, 4) is 5.75 Å². The highest BCUT2D eigenvalue weighted by molar-refractivity contribution is 8.01. The minimum atomic E-state index is -2.83. The second kappa shape index (κ2) is 9.13. The van der Waals surface area contributed by atoms with Crippen molar-refractivity contribution in [1.82, 2.24) is 15.5 Å². The number of hydrogen-bond donors (Lipinski definition) is 2. The number of amides is 1. The first-order valence-corrected chi connectivity index (χ1v) is 9.92. The highest BCUT2D eigenvalue weighted by Gasteiger charge is 2.22. The molecule has 26 heavy (non-hydrogen) atoms. The smallest absolute Gasteiger partial charge is 0.387 e. The zero-order valence-corrected chi connectivity index (χ0v) is 15.4. The Morgan fingerprint density at radius 3 is 2.77 bits per heavy atom. The van der Waals surface area contributed by atoms with Crippen molar-refractivity contribution in [2.24, 2.45) is 0 Å². The topological polar surface area (TPSA) is 76.1 Å². The third-order valence-corrected chi connectivity index (χ3v) is 5.51. The number of alkyl halides is 2. The number of hydrogen-bond acceptors (Lipinski definition) is 7. The molecule has 3 rings (SSSR count). The van der Waals surface area contributed by atoms with Gasteiger partial charge in [-0.1, -0.05) is 35.2 Å². The molecule has 2 N–H and O–H groups in total. The normalized spacial score (nSPS) is 13.7. The molecule has 0 bridgehead atoms. The molecular weight excluding hydrogens is 382 g/mol. The van der Waals surface area contributed by atoms with Gasteiger partial charge >= 0.3 is 6.61 Å². The van der Waals surface area contributed by atoms with E-state index in [4.69, 9.17) is 0 Å². The highest BCUT2D eigenvalue weighted by atomic mass is 32.2. The van der Waals surface area contributed by atoms with Gasteiger partial charge in [-0.25, -0.2) is 0 Å². The summed E-state index contributed by atoms with van der Waals surface area (Å²) in [5, 5.41) is 15.0. The predicted octanol–water partition coefficient (Wildman–Crippen LogP) is 3.16. The molecule has 1 amide bonds. The van der Waals surface area contributed by atoms with Crippen LogP contribution in [0.15, 0.2) is 28.6 Å². The van der Waals surface area contributed by atoms with E-state index in [9.17, 15) is 13.6 Å². The van der Waals surface area contributed by atoms with E-state index >= 15 is 0 Å². The average molecular weight is 400 g/mol. The number of nitrogens with one attached hydrogen (secondary N) is 2. The third-order valence-electron chi connectivity index (χ3n) is 3.52. The summed E-state index contributed by atoms with van der Waals surface area (Å²) in [6.45, 7) is -2.36. The van der Waals surface area contributed by atoms with E-state index in [1.165, 1.54) is 48.1 Å². The van der Waals surface area contributed by atoms with Gasteiger partial charge in [0, 0.05) is 12.6 Å². The van der Waals surface area contributed by atoms with Crippen LogP contribution in [0.1, 0.15) is 18.4 Å². The van der Waals surface area contributed by atoms with Crippen molar-refractivity contribution in [2.45, 2.75) is 36.3 Å². The van der Waals surface area contributed by atoms with E-state index in [0.717, 1.165) is 15.0 Å². The Hall–Kier alpha value is -1.94. The van der Waals surface area contributed by atoms with Crippen molar-refractivity contribution in [2.75, 3.05) is 17.6 Å². The van der Waals surface area contributed by atoms with Gasteiger partial charge in [0.15, 0.2) is 4.34 Å². The minimum absolute atomic E-state index is 0.0837. The Labute approximate surface area is 157 Å². The molecule has 6 nitrogen and oxygen atoms in total. The summed E-state index contributed by atoms with van der Waals surface area (Å²) in [4.78, 5) is 11.9. The van der Waals surface area contributed by atoms with Crippen molar-refractivity contribution < 1.29 is 18.3 Å². The number of halogens is 2. The molecule has 0 spiro atoms. The van der Waals surface area contributed by atoms with Crippen LogP contribution in [-0.4, -0.2) is 41.1 Å². The molecule has 0 aliphatic heterocycles. The van der Waals surface area contributed by atoms with Crippen molar-refractivity contribution in [3.63, 3.8) is 0 Å². The number of aromatic nitrogens is 2. The molecule has 1 aromatic carbocycles. The van der Waals surface area contributed by atoms with Crippen molar-refractivity contribution in [3.05, 3.63) is 29.8 Å². The van der Waals surface area contributed by atoms with Gasteiger partial charge in [0.2, 0.25) is 11.0 Å². The second-order valence-electron chi connectivity index (χ2n) is 5.70. The molecule has 1 aliphatic carbocycles. The lowest BCUT2D eigenvalue weighted by Gasteiger charge is -2.07. The molecule has 1 fully saturated rings. The Morgan fingerprint density at radius 2 is 2.08 bits per heavy atom. The zero-order valence-electron chi connectivity index (χ0n) is 13.8. The first-order chi connectivity index (χ1) is 12.6. The van der Waals surface area contributed by atoms with Crippen LogP contribution >= 0.6 is 23.1 Å².